The first-order chi connectivity index (χ1) is 31.1. The number of hydrogen-bond acceptors (Lipinski definition) is 13. The fraction of sp³-hybridized carbons (Fsp3) is 0.449. The van der Waals surface area contributed by atoms with E-state index < -0.39 is 11.9 Å². The van der Waals surface area contributed by atoms with E-state index in [0.717, 1.165) is 95.4 Å². The summed E-state index contributed by atoms with van der Waals surface area (Å²) in [6, 6.07) is 21.6. The Hall–Kier alpha value is -6.21. The van der Waals surface area contributed by atoms with Gasteiger partial charge in [0.1, 0.15) is 30.4 Å². The molecule has 3 aliphatic rings. The molecule has 7 rings (SSSR count). The van der Waals surface area contributed by atoms with Crippen molar-refractivity contribution < 1.29 is 29.1 Å². The Morgan fingerprint density at radius 3 is 2.02 bits per heavy atom. The molecule has 2 saturated heterocycles. The molecule has 0 spiro atoms. The predicted octanol–water partition coefficient (Wildman–Crippen LogP) is 4.77. The second-order valence-electron chi connectivity index (χ2n) is 16.3. The van der Waals surface area contributed by atoms with Crippen molar-refractivity contribution in [1.29, 1.82) is 5.26 Å². The Balaban J connectivity index is 0.000000296. The number of nitriles is 1. The smallest absolute Gasteiger partial charge is 0.255 e. The summed E-state index contributed by atoms with van der Waals surface area (Å²) in [7, 11) is 5.08. The molecule has 3 N–H and O–H groups in total. The van der Waals surface area contributed by atoms with E-state index >= 15 is 0 Å². The molecule has 3 aromatic carbocycles. The first kappa shape index (κ1) is 48.8. The second-order valence-corrected chi connectivity index (χ2v) is 16.3. The summed E-state index contributed by atoms with van der Waals surface area (Å²) >= 11 is 0. The average Bonchev–Trinajstić information content (AvgIpc) is 3.36. The van der Waals surface area contributed by atoms with Gasteiger partial charge in [-0.05, 0) is 93.0 Å². The molecule has 2 amide bonds. The number of aldehydes is 3. The maximum absolute atomic E-state index is 13.5. The number of rotatable bonds is 14. The Bertz CT molecular complexity index is 2190. The number of phenolic OH excluding ortho intramolecular Hbond substituents is 1. The molecule has 1 aliphatic carbocycles. The number of aromatic nitrogens is 1. The third-order valence-corrected chi connectivity index (χ3v) is 12.4. The number of hydrogen-bond donors (Lipinski definition) is 3. The number of piperazine rings is 2. The van der Waals surface area contributed by atoms with E-state index in [1.54, 1.807) is 36.5 Å². The van der Waals surface area contributed by atoms with Gasteiger partial charge in [-0.25, -0.2) is 0 Å². The van der Waals surface area contributed by atoms with Gasteiger partial charge < -0.3 is 35.2 Å². The summed E-state index contributed by atoms with van der Waals surface area (Å²) in [6.07, 6.45) is 11.3. The summed E-state index contributed by atoms with van der Waals surface area (Å²) in [5.74, 6) is -0.632. The van der Waals surface area contributed by atoms with Crippen LogP contribution in [0.25, 0.3) is 10.9 Å². The van der Waals surface area contributed by atoms with Crippen molar-refractivity contribution in [3.63, 3.8) is 0 Å². The molecule has 3 heterocycles. The van der Waals surface area contributed by atoms with Gasteiger partial charge in [0.05, 0.1) is 16.6 Å². The van der Waals surface area contributed by atoms with Gasteiger partial charge in [0.15, 0.2) is 6.29 Å². The quantitative estimate of drug-likeness (QED) is 0.148. The van der Waals surface area contributed by atoms with Crippen LogP contribution in [0.15, 0.2) is 72.9 Å². The van der Waals surface area contributed by atoms with E-state index in [4.69, 9.17) is 5.26 Å². The van der Waals surface area contributed by atoms with E-state index in [1.165, 1.54) is 57.2 Å². The van der Waals surface area contributed by atoms with E-state index in [-0.39, 0.29) is 35.6 Å². The summed E-state index contributed by atoms with van der Waals surface area (Å²) in [5.41, 5.74) is 4.25. The molecule has 1 atom stereocenters. The number of amides is 2. The number of anilines is 2. The molecule has 64 heavy (non-hydrogen) atoms. The highest BCUT2D eigenvalue weighted by Gasteiger charge is 2.29. The Morgan fingerprint density at radius 2 is 1.47 bits per heavy atom. The van der Waals surface area contributed by atoms with Crippen molar-refractivity contribution in [1.82, 2.24) is 30.3 Å². The average molecular weight is 874 g/mol. The molecule has 1 aromatic heterocycles. The molecule has 0 radical (unpaired) electrons. The van der Waals surface area contributed by atoms with Crippen LogP contribution in [0.5, 0.6) is 5.75 Å². The van der Waals surface area contributed by atoms with Crippen molar-refractivity contribution in [2.45, 2.75) is 57.0 Å². The largest absolute Gasteiger partial charge is 0.507 e. The number of aromatic hydroxyl groups is 1. The van der Waals surface area contributed by atoms with Gasteiger partial charge in [-0.3, -0.25) is 34.0 Å². The van der Waals surface area contributed by atoms with E-state index in [9.17, 15) is 29.1 Å². The van der Waals surface area contributed by atoms with Crippen molar-refractivity contribution >= 4 is 53.0 Å². The third-order valence-electron chi connectivity index (χ3n) is 12.4. The zero-order valence-electron chi connectivity index (χ0n) is 37.5. The highest BCUT2D eigenvalue weighted by Crippen LogP contribution is 2.26. The standard InChI is InChI=1S/C32H42N6O5.C10H6N2O.C7H15N/c1-33-31(42)30(4-3-21-39)34(2)32(43)29-22-28(10-7-26(29)24-41)38-19-15-36(16-20-38)12-11-35-13-17-37(18-14-35)27-8-5-25(23-40)6-9-27;11-6-7-3-4-9(13)8-2-1-5-12-10(7)8;1-8-7-5-3-2-4-6-7/h5-10,21-24,30H,3-4,11-20H2,1-2H3,(H,33,42);1-5,13H;7-8H,2-6H2,1H3. The van der Waals surface area contributed by atoms with Gasteiger partial charge in [-0.2, -0.15) is 5.26 Å². The monoisotopic (exact) mass is 873 g/mol. The lowest BCUT2D eigenvalue weighted by Crippen LogP contribution is -2.51. The minimum Gasteiger partial charge on any atom is -0.507 e. The molecule has 2 aliphatic heterocycles. The van der Waals surface area contributed by atoms with E-state index in [0.29, 0.717) is 28.3 Å². The van der Waals surface area contributed by atoms with Crippen LogP contribution < -0.4 is 20.4 Å². The number of fused-ring (bicyclic) bond motifs is 1. The van der Waals surface area contributed by atoms with Crippen LogP contribution in [0, 0.1) is 11.3 Å². The van der Waals surface area contributed by atoms with Gasteiger partial charge in [-0.15, -0.1) is 0 Å². The summed E-state index contributed by atoms with van der Waals surface area (Å²) in [4.78, 5) is 74.4. The second kappa shape index (κ2) is 25.2. The molecule has 15 nitrogen and oxygen atoms in total. The number of likely N-dealkylation sites (N-methyl/N-ethyl adjacent to an activating group) is 2. The predicted molar refractivity (Wildman–Crippen MR) is 250 cm³/mol. The third kappa shape index (κ3) is 13.4. The van der Waals surface area contributed by atoms with Gasteiger partial charge in [0.2, 0.25) is 5.91 Å². The minimum absolute atomic E-state index is 0.147. The molecule has 4 aromatic rings. The van der Waals surface area contributed by atoms with Crippen molar-refractivity contribution in [3.05, 3.63) is 95.2 Å². The zero-order chi connectivity index (χ0) is 45.8. The van der Waals surface area contributed by atoms with Crippen molar-refractivity contribution in [2.24, 2.45) is 0 Å². The summed E-state index contributed by atoms with van der Waals surface area (Å²) in [6.45, 7) is 9.31. The molecule has 1 unspecified atom stereocenters. The highest BCUT2D eigenvalue weighted by atomic mass is 16.3. The Kier molecular flexibility index (Phi) is 19.2. The van der Waals surface area contributed by atoms with Crippen LogP contribution in [-0.2, 0) is 9.59 Å². The SMILES string of the molecule is CNC(=O)C(CCC=O)N(C)C(=O)c1cc(N2CCN(CCN3CCN(c4ccc(C=O)cc4)CC3)CC2)ccc1C=O.CNC1CCCCC1.N#Cc1ccc(O)c2cccnc12. The maximum Gasteiger partial charge on any atom is 0.255 e. The fourth-order valence-electron chi connectivity index (χ4n) is 8.40. The summed E-state index contributed by atoms with van der Waals surface area (Å²) < 4.78 is 0. The van der Waals surface area contributed by atoms with E-state index in [2.05, 4.69) is 42.3 Å². The van der Waals surface area contributed by atoms with Gasteiger partial charge >= 0.3 is 0 Å². The molecule has 340 valence electrons. The molecular weight excluding hydrogens is 811 g/mol. The lowest BCUT2D eigenvalue weighted by atomic mass is 9.96. The number of carbonyl (C=O) groups is 5. The lowest BCUT2D eigenvalue weighted by Gasteiger charge is -2.39. The van der Waals surface area contributed by atoms with Crippen LogP contribution in [-0.4, -0.2) is 154 Å². The minimum atomic E-state index is -0.813. The first-order valence-electron chi connectivity index (χ1n) is 22.3. The van der Waals surface area contributed by atoms with Crippen molar-refractivity contribution in [3.8, 4) is 11.8 Å². The molecule has 15 heteroatoms. The number of nitrogens with zero attached hydrogens (tertiary/aromatic N) is 7. The number of carbonyl (C=O) groups excluding carboxylic acids is 5. The first-order valence-corrected chi connectivity index (χ1v) is 22.3. The maximum atomic E-state index is 13.5. The Morgan fingerprint density at radius 1 is 0.844 bits per heavy atom. The van der Waals surface area contributed by atoms with Gasteiger partial charge in [-0.1, -0.05) is 19.3 Å². The summed E-state index contributed by atoms with van der Waals surface area (Å²) in [5, 5.41) is 24.7. The van der Waals surface area contributed by atoms with Crippen LogP contribution >= 0.6 is 0 Å². The van der Waals surface area contributed by atoms with Crippen LogP contribution in [0.1, 0.15) is 81.6 Å². The highest BCUT2D eigenvalue weighted by molar-refractivity contribution is 6.04. The zero-order valence-corrected chi connectivity index (χ0v) is 37.5. The molecule has 1 saturated carbocycles. The van der Waals surface area contributed by atoms with Crippen LogP contribution in [0.2, 0.25) is 0 Å². The fourth-order valence-corrected chi connectivity index (χ4v) is 8.40. The van der Waals surface area contributed by atoms with E-state index in [1.807, 2.05) is 36.4 Å². The number of nitrogens with one attached hydrogen (secondary N) is 2. The Labute approximate surface area is 377 Å². The lowest BCUT2D eigenvalue weighted by molar-refractivity contribution is -0.125. The number of benzene rings is 3. The molecule has 0 bridgehead atoms. The molecular formula is C49H63N9O6. The number of pyridine rings is 1. The molecule has 3 fully saturated rings. The van der Waals surface area contributed by atoms with Crippen molar-refractivity contribution in [2.75, 3.05) is 96.4 Å². The number of phenols is 1. The van der Waals surface area contributed by atoms with Gasteiger partial charge in [0.25, 0.3) is 5.91 Å². The van der Waals surface area contributed by atoms with Crippen LogP contribution in [0.3, 0.4) is 0 Å². The topological polar surface area (TPSA) is 183 Å². The van der Waals surface area contributed by atoms with Crippen LogP contribution in [0.4, 0.5) is 11.4 Å². The van der Waals surface area contributed by atoms with Gasteiger partial charge in [0, 0.05) is 126 Å². The normalized spacial score (nSPS) is 16.2.